The normalized spacial score (nSPS) is 12.3. The first-order chi connectivity index (χ1) is 9.74. The number of ether oxygens (including phenoxy) is 1. The largest absolute Gasteiger partial charge is 0.496 e. The van der Waals surface area contributed by atoms with Gasteiger partial charge in [-0.15, -0.1) is 11.3 Å². The Labute approximate surface area is 123 Å². The number of hydrogen-bond donors (Lipinski definition) is 1. The number of benzene rings is 1. The van der Waals surface area contributed by atoms with Gasteiger partial charge in [-0.25, -0.2) is 4.39 Å². The lowest BCUT2D eigenvalue weighted by Crippen LogP contribution is -2.23. The summed E-state index contributed by atoms with van der Waals surface area (Å²) in [7, 11) is 1.69. The molecule has 2 nitrogen and oxygen atoms in total. The third kappa shape index (κ3) is 3.81. The van der Waals surface area contributed by atoms with Gasteiger partial charge in [-0.2, -0.15) is 0 Å². The van der Waals surface area contributed by atoms with Crippen LogP contribution in [0.3, 0.4) is 0 Å². The zero-order chi connectivity index (χ0) is 14.4. The average molecular weight is 293 g/mol. The van der Waals surface area contributed by atoms with Crippen LogP contribution in [0.4, 0.5) is 4.39 Å². The Morgan fingerprint density at radius 3 is 2.90 bits per heavy atom. The van der Waals surface area contributed by atoms with E-state index >= 15 is 0 Å². The van der Waals surface area contributed by atoms with E-state index in [4.69, 9.17) is 4.74 Å². The van der Waals surface area contributed by atoms with Gasteiger partial charge in [0.2, 0.25) is 0 Å². The Morgan fingerprint density at radius 1 is 1.35 bits per heavy atom. The van der Waals surface area contributed by atoms with Gasteiger partial charge in [0, 0.05) is 6.04 Å². The molecule has 2 rings (SSSR count). The van der Waals surface area contributed by atoms with Gasteiger partial charge in [0.1, 0.15) is 11.6 Å². The van der Waals surface area contributed by atoms with E-state index in [2.05, 4.69) is 12.2 Å². The fraction of sp³-hybridized carbons (Fsp3) is 0.375. The molecule has 0 aliphatic carbocycles. The van der Waals surface area contributed by atoms with Gasteiger partial charge in [-0.05, 0) is 48.5 Å². The number of methoxy groups -OCH3 is 1. The van der Waals surface area contributed by atoms with Gasteiger partial charge in [0.05, 0.1) is 12.0 Å². The third-order valence-electron chi connectivity index (χ3n) is 3.16. The van der Waals surface area contributed by atoms with Crippen LogP contribution in [0.15, 0.2) is 35.7 Å². The highest BCUT2D eigenvalue weighted by Crippen LogP contribution is 2.32. The first-order valence-corrected chi connectivity index (χ1v) is 7.71. The number of halogens is 1. The van der Waals surface area contributed by atoms with E-state index < -0.39 is 0 Å². The van der Waals surface area contributed by atoms with Crippen molar-refractivity contribution in [2.75, 3.05) is 13.7 Å². The van der Waals surface area contributed by atoms with Gasteiger partial charge in [0.15, 0.2) is 0 Å². The summed E-state index contributed by atoms with van der Waals surface area (Å²) in [4.78, 5) is 1.17. The summed E-state index contributed by atoms with van der Waals surface area (Å²) in [5.74, 6) is 0.717. The molecular weight excluding hydrogens is 273 g/mol. The molecule has 1 aromatic carbocycles. The van der Waals surface area contributed by atoms with Crippen molar-refractivity contribution in [3.8, 4) is 5.75 Å². The molecule has 1 unspecified atom stereocenters. The molecule has 0 aliphatic heterocycles. The predicted molar refractivity (Wildman–Crippen MR) is 82.0 cm³/mol. The molecule has 4 heteroatoms. The molecule has 0 bridgehead atoms. The van der Waals surface area contributed by atoms with E-state index in [0.717, 1.165) is 30.7 Å². The van der Waals surface area contributed by atoms with Crippen molar-refractivity contribution < 1.29 is 9.13 Å². The van der Waals surface area contributed by atoms with Crippen molar-refractivity contribution in [2.45, 2.75) is 25.8 Å². The van der Waals surface area contributed by atoms with Crippen molar-refractivity contribution in [1.29, 1.82) is 0 Å². The minimum absolute atomic E-state index is 0.159. The quantitative estimate of drug-likeness (QED) is 0.827. The van der Waals surface area contributed by atoms with E-state index in [-0.39, 0.29) is 11.9 Å². The van der Waals surface area contributed by atoms with Crippen LogP contribution in [0.5, 0.6) is 5.75 Å². The Bertz CT molecular complexity index is 541. The standard InChI is InChI=1S/C16H20FNOS/c1-3-8-18-14(16-15(19-2)7-9-20-16)11-12-5-4-6-13(17)10-12/h4-7,9-10,14,18H,3,8,11H2,1-2H3. The fourth-order valence-corrected chi connectivity index (χ4v) is 3.14. The van der Waals surface area contributed by atoms with E-state index in [9.17, 15) is 4.39 Å². The third-order valence-corrected chi connectivity index (χ3v) is 4.18. The van der Waals surface area contributed by atoms with E-state index in [1.807, 2.05) is 17.5 Å². The van der Waals surface area contributed by atoms with Crippen molar-refractivity contribution >= 4 is 11.3 Å². The lowest BCUT2D eigenvalue weighted by Gasteiger charge is -2.18. The van der Waals surface area contributed by atoms with Gasteiger partial charge in [0.25, 0.3) is 0 Å². The fourth-order valence-electron chi connectivity index (χ4n) is 2.21. The first-order valence-electron chi connectivity index (χ1n) is 6.83. The number of hydrogen-bond acceptors (Lipinski definition) is 3. The van der Waals surface area contributed by atoms with Crippen LogP contribution < -0.4 is 10.1 Å². The second-order valence-electron chi connectivity index (χ2n) is 4.69. The van der Waals surface area contributed by atoms with Crippen molar-refractivity contribution in [1.82, 2.24) is 5.32 Å². The summed E-state index contributed by atoms with van der Waals surface area (Å²) in [6.45, 7) is 3.07. The lowest BCUT2D eigenvalue weighted by atomic mass is 10.0. The molecule has 1 heterocycles. The smallest absolute Gasteiger partial charge is 0.134 e. The van der Waals surface area contributed by atoms with Gasteiger partial charge in [-0.1, -0.05) is 19.1 Å². The Hall–Kier alpha value is -1.39. The van der Waals surface area contributed by atoms with Gasteiger partial charge in [-0.3, -0.25) is 0 Å². The number of thiophene rings is 1. The topological polar surface area (TPSA) is 21.3 Å². The maximum absolute atomic E-state index is 13.3. The molecule has 0 fully saturated rings. The zero-order valence-corrected chi connectivity index (χ0v) is 12.7. The predicted octanol–water partition coefficient (Wildman–Crippen LogP) is 4.18. The Balaban J connectivity index is 2.19. The molecule has 0 aliphatic rings. The maximum atomic E-state index is 13.3. The number of rotatable bonds is 7. The molecule has 20 heavy (non-hydrogen) atoms. The van der Waals surface area contributed by atoms with Crippen LogP contribution >= 0.6 is 11.3 Å². The lowest BCUT2D eigenvalue weighted by molar-refractivity contribution is 0.402. The summed E-state index contributed by atoms with van der Waals surface area (Å²) in [5, 5.41) is 5.55. The molecular formula is C16H20FNOS. The molecule has 0 saturated carbocycles. The van der Waals surface area contributed by atoms with Crippen molar-refractivity contribution in [2.24, 2.45) is 0 Å². The second-order valence-corrected chi connectivity index (χ2v) is 5.64. The van der Waals surface area contributed by atoms with Crippen LogP contribution in [0.1, 0.15) is 29.8 Å². The van der Waals surface area contributed by atoms with Gasteiger partial charge >= 0.3 is 0 Å². The maximum Gasteiger partial charge on any atom is 0.134 e. The monoisotopic (exact) mass is 293 g/mol. The summed E-state index contributed by atoms with van der Waals surface area (Å²) in [5.41, 5.74) is 0.994. The molecule has 0 spiro atoms. The van der Waals surface area contributed by atoms with E-state index in [1.165, 1.54) is 10.9 Å². The van der Waals surface area contributed by atoms with Crippen molar-refractivity contribution in [3.05, 3.63) is 52.0 Å². The van der Waals surface area contributed by atoms with Crippen LogP contribution in [-0.2, 0) is 6.42 Å². The van der Waals surface area contributed by atoms with Crippen LogP contribution in [-0.4, -0.2) is 13.7 Å². The van der Waals surface area contributed by atoms with Gasteiger partial charge < -0.3 is 10.1 Å². The van der Waals surface area contributed by atoms with E-state index in [1.54, 1.807) is 30.6 Å². The molecule has 1 aromatic heterocycles. The molecule has 0 amide bonds. The van der Waals surface area contributed by atoms with Crippen LogP contribution in [0.2, 0.25) is 0 Å². The van der Waals surface area contributed by atoms with Crippen LogP contribution in [0, 0.1) is 5.82 Å². The average Bonchev–Trinajstić information content (AvgIpc) is 2.92. The summed E-state index contributed by atoms with van der Waals surface area (Å²) in [6, 6.07) is 8.93. The second kappa shape index (κ2) is 7.41. The van der Waals surface area contributed by atoms with E-state index in [0.29, 0.717) is 0 Å². The highest BCUT2D eigenvalue weighted by atomic mass is 32.1. The Kier molecular flexibility index (Phi) is 5.56. The summed E-state index contributed by atoms with van der Waals surface area (Å²) < 4.78 is 18.7. The van der Waals surface area contributed by atoms with Crippen molar-refractivity contribution in [3.63, 3.8) is 0 Å². The number of nitrogens with one attached hydrogen (secondary N) is 1. The zero-order valence-electron chi connectivity index (χ0n) is 11.9. The van der Waals surface area contributed by atoms with Crippen LogP contribution in [0.25, 0.3) is 0 Å². The summed E-state index contributed by atoms with van der Waals surface area (Å²) >= 11 is 1.67. The Morgan fingerprint density at radius 2 is 2.20 bits per heavy atom. The SMILES string of the molecule is CCCNC(Cc1cccc(F)c1)c1sccc1OC. The highest BCUT2D eigenvalue weighted by molar-refractivity contribution is 7.10. The highest BCUT2D eigenvalue weighted by Gasteiger charge is 2.17. The molecule has 108 valence electrons. The molecule has 1 atom stereocenters. The molecule has 0 saturated heterocycles. The minimum atomic E-state index is -0.185. The minimum Gasteiger partial charge on any atom is -0.496 e. The first kappa shape index (κ1) is 15.0. The summed E-state index contributed by atoms with van der Waals surface area (Å²) in [6.07, 6.45) is 1.82. The molecule has 1 N–H and O–H groups in total. The molecule has 2 aromatic rings. The molecule has 0 radical (unpaired) electrons.